The number of nitrogens with zero attached hydrogens (tertiary/aromatic N) is 1. The Labute approximate surface area is 117 Å². The van der Waals surface area contributed by atoms with Crippen molar-refractivity contribution in [1.29, 1.82) is 0 Å². The van der Waals surface area contributed by atoms with Crippen LogP contribution in [0.4, 0.5) is 11.4 Å². The first kappa shape index (κ1) is 14.0. The Bertz CT molecular complexity index is 497. The lowest BCUT2D eigenvalue weighted by atomic mass is 10.1. The molecule has 1 fully saturated rings. The first-order valence-electron chi connectivity index (χ1n) is 6.17. The van der Waals surface area contributed by atoms with Gasteiger partial charge < -0.3 is 21.1 Å². The van der Waals surface area contributed by atoms with Crippen molar-refractivity contribution in [3.63, 3.8) is 0 Å². The summed E-state index contributed by atoms with van der Waals surface area (Å²) >= 11 is 6.24. The number of halogens is 1. The summed E-state index contributed by atoms with van der Waals surface area (Å²) in [6.07, 6.45) is 0.135. The van der Waals surface area contributed by atoms with Crippen LogP contribution in [-0.4, -0.2) is 31.2 Å². The van der Waals surface area contributed by atoms with Gasteiger partial charge in [-0.25, -0.2) is 0 Å². The molecule has 5 nitrogen and oxygen atoms in total. The molecule has 1 aromatic carbocycles. The molecule has 1 aliphatic heterocycles. The number of anilines is 2. The van der Waals surface area contributed by atoms with Gasteiger partial charge in [-0.15, -0.1) is 0 Å². The number of nitrogens with two attached hydrogens (primary N) is 2. The lowest BCUT2D eigenvalue weighted by Gasteiger charge is -2.38. The average molecular weight is 284 g/mol. The predicted molar refractivity (Wildman–Crippen MR) is 76.6 cm³/mol. The van der Waals surface area contributed by atoms with Crippen LogP contribution in [-0.2, 0) is 4.74 Å². The van der Waals surface area contributed by atoms with Crippen molar-refractivity contribution < 1.29 is 9.53 Å². The Morgan fingerprint density at radius 1 is 1.37 bits per heavy atom. The number of nitrogen functional groups attached to an aromatic ring is 1. The molecule has 1 amide bonds. The molecule has 0 bridgehead atoms. The standard InChI is InChI=1S/C13H18ClN3O2/c1-7-5-17(6-8(2)19-7)12-10(13(16)18)3-9(15)4-11(12)14/h3-4,7-8H,5-6,15H2,1-2H3,(H2,16,18). The number of primary amides is 1. The molecule has 2 unspecified atom stereocenters. The van der Waals surface area contributed by atoms with Crippen molar-refractivity contribution in [2.24, 2.45) is 5.73 Å². The van der Waals surface area contributed by atoms with Gasteiger partial charge in [0.05, 0.1) is 28.5 Å². The third-order valence-corrected chi connectivity index (χ3v) is 3.38. The molecule has 0 saturated carbocycles. The number of carbonyl (C=O) groups is 1. The molecule has 0 aliphatic carbocycles. The number of benzene rings is 1. The molecule has 2 rings (SSSR count). The van der Waals surface area contributed by atoms with Crippen molar-refractivity contribution in [3.8, 4) is 0 Å². The van der Waals surface area contributed by atoms with Crippen molar-refractivity contribution in [1.82, 2.24) is 0 Å². The van der Waals surface area contributed by atoms with E-state index in [-0.39, 0.29) is 12.2 Å². The summed E-state index contributed by atoms with van der Waals surface area (Å²) in [5.41, 5.74) is 12.6. The van der Waals surface area contributed by atoms with Crippen LogP contribution in [0.5, 0.6) is 0 Å². The lowest BCUT2D eigenvalue weighted by molar-refractivity contribution is -0.00526. The van der Waals surface area contributed by atoms with Crippen LogP contribution in [0.15, 0.2) is 12.1 Å². The third kappa shape index (κ3) is 2.93. The second-order valence-corrected chi connectivity index (χ2v) is 5.33. The topological polar surface area (TPSA) is 81.6 Å². The van der Waals surface area contributed by atoms with Gasteiger partial charge in [0.25, 0.3) is 5.91 Å². The first-order valence-corrected chi connectivity index (χ1v) is 6.55. The third-order valence-electron chi connectivity index (χ3n) is 3.09. The van der Waals surface area contributed by atoms with Gasteiger partial charge in [-0.1, -0.05) is 11.6 Å². The SMILES string of the molecule is CC1CN(c2c(Cl)cc(N)cc2C(N)=O)CC(C)O1. The Kier molecular flexibility index (Phi) is 3.87. The molecular formula is C13H18ClN3O2. The zero-order valence-corrected chi connectivity index (χ0v) is 11.8. The Balaban J connectivity index is 2.46. The molecule has 2 atom stereocenters. The highest BCUT2D eigenvalue weighted by Gasteiger charge is 2.27. The fourth-order valence-corrected chi connectivity index (χ4v) is 2.84. The number of hydrogen-bond acceptors (Lipinski definition) is 4. The second kappa shape index (κ2) is 5.27. The Morgan fingerprint density at radius 3 is 2.47 bits per heavy atom. The van der Waals surface area contributed by atoms with Gasteiger partial charge in [0, 0.05) is 18.8 Å². The zero-order chi connectivity index (χ0) is 14.2. The van der Waals surface area contributed by atoms with E-state index in [1.54, 1.807) is 12.1 Å². The van der Waals surface area contributed by atoms with E-state index in [0.717, 1.165) is 0 Å². The lowest BCUT2D eigenvalue weighted by Crippen LogP contribution is -2.46. The van der Waals surface area contributed by atoms with Crippen LogP contribution in [0.1, 0.15) is 24.2 Å². The fourth-order valence-electron chi connectivity index (χ4n) is 2.49. The van der Waals surface area contributed by atoms with Crippen LogP contribution in [0.25, 0.3) is 0 Å². The van der Waals surface area contributed by atoms with E-state index in [1.165, 1.54) is 0 Å². The van der Waals surface area contributed by atoms with Crippen LogP contribution >= 0.6 is 11.6 Å². The van der Waals surface area contributed by atoms with Crippen molar-refractivity contribution in [2.45, 2.75) is 26.1 Å². The van der Waals surface area contributed by atoms with E-state index in [9.17, 15) is 4.79 Å². The average Bonchev–Trinajstić information content (AvgIpc) is 2.25. The molecule has 0 radical (unpaired) electrons. The van der Waals surface area contributed by atoms with Gasteiger partial charge in [-0.2, -0.15) is 0 Å². The summed E-state index contributed by atoms with van der Waals surface area (Å²) in [6.45, 7) is 5.29. The second-order valence-electron chi connectivity index (χ2n) is 4.93. The Hall–Kier alpha value is -1.46. The molecule has 104 valence electrons. The largest absolute Gasteiger partial charge is 0.399 e. The van der Waals surface area contributed by atoms with E-state index in [0.29, 0.717) is 35.1 Å². The molecule has 6 heteroatoms. The summed E-state index contributed by atoms with van der Waals surface area (Å²) in [5.74, 6) is -0.531. The quantitative estimate of drug-likeness (QED) is 0.809. The van der Waals surface area contributed by atoms with Gasteiger partial charge in [0.2, 0.25) is 0 Å². The highest BCUT2D eigenvalue weighted by atomic mass is 35.5. The molecule has 1 saturated heterocycles. The number of ether oxygens (including phenoxy) is 1. The van der Waals surface area contributed by atoms with Gasteiger partial charge in [-0.3, -0.25) is 4.79 Å². The van der Waals surface area contributed by atoms with Crippen LogP contribution in [0.3, 0.4) is 0 Å². The normalized spacial score (nSPS) is 23.4. The highest BCUT2D eigenvalue weighted by molar-refractivity contribution is 6.34. The molecule has 4 N–H and O–H groups in total. The summed E-state index contributed by atoms with van der Waals surface area (Å²) in [5, 5.41) is 0.440. The maximum atomic E-state index is 11.6. The number of rotatable bonds is 2. The highest BCUT2D eigenvalue weighted by Crippen LogP contribution is 2.34. The summed E-state index contributed by atoms with van der Waals surface area (Å²) < 4.78 is 5.68. The van der Waals surface area contributed by atoms with Crippen molar-refractivity contribution in [3.05, 3.63) is 22.7 Å². The molecule has 0 aromatic heterocycles. The molecule has 0 spiro atoms. The molecular weight excluding hydrogens is 266 g/mol. The monoisotopic (exact) mass is 283 g/mol. The summed E-state index contributed by atoms with van der Waals surface area (Å²) in [4.78, 5) is 13.6. The number of hydrogen-bond donors (Lipinski definition) is 2. The molecule has 1 aliphatic rings. The van der Waals surface area contributed by atoms with Gasteiger partial charge in [0.15, 0.2) is 0 Å². The van der Waals surface area contributed by atoms with E-state index >= 15 is 0 Å². The van der Waals surface area contributed by atoms with E-state index in [1.807, 2.05) is 18.7 Å². The minimum atomic E-state index is -0.531. The van der Waals surface area contributed by atoms with Crippen molar-refractivity contribution >= 4 is 28.9 Å². The number of carbonyl (C=O) groups excluding carboxylic acids is 1. The maximum Gasteiger partial charge on any atom is 0.250 e. The zero-order valence-electron chi connectivity index (χ0n) is 11.0. The van der Waals surface area contributed by atoms with Gasteiger partial charge >= 0.3 is 0 Å². The van der Waals surface area contributed by atoms with E-state index in [2.05, 4.69) is 0 Å². The van der Waals surface area contributed by atoms with E-state index in [4.69, 9.17) is 27.8 Å². The minimum absolute atomic E-state index is 0.0677. The Morgan fingerprint density at radius 2 is 1.95 bits per heavy atom. The first-order chi connectivity index (χ1) is 8.88. The predicted octanol–water partition coefficient (Wildman–Crippen LogP) is 1.63. The van der Waals surface area contributed by atoms with E-state index < -0.39 is 5.91 Å². The van der Waals surface area contributed by atoms with Crippen LogP contribution in [0, 0.1) is 0 Å². The molecule has 1 heterocycles. The van der Waals surface area contributed by atoms with Gasteiger partial charge in [-0.05, 0) is 26.0 Å². The van der Waals surface area contributed by atoms with Crippen molar-refractivity contribution in [2.75, 3.05) is 23.7 Å². The summed E-state index contributed by atoms with van der Waals surface area (Å²) in [7, 11) is 0. The molecule has 1 aromatic rings. The fraction of sp³-hybridized carbons (Fsp3) is 0.462. The molecule has 19 heavy (non-hydrogen) atoms. The number of amides is 1. The maximum absolute atomic E-state index is 11.6. The number of morpholine rings is 1. The van der Waals surface area contributed by atoms with Gasteiger partial charge in [0.1, 0.15) is 0 Å². The van der Waals surface area contributed by atoms with Crippen LogP contribution in [0.2, 0.25) is 5.02 Å². The smallest absolute Gasteiger partial charge is 0.250 e. The van der Waals surface area contributed by atoms with Crippen LogP contribution < -0.4 is 16.4 Å². The minimum Gasteiger partial charge on any atom is -0.399 e. The summed E-state index contributed by atoms with van der Waals surface area (Å²) in [6, 6.07) is 3.20.